The molecule has 0 aliphatic heterocycles. The average Bonchev–Trinajstić information content (AvgIpc) is 2.47. The Balaban J connectivity index is 2.07. The topological polar surface area (TPSA) is 49.3 Å². The molecule has 100 valence electrons. The van der Waals surface area contributed by atoms with Gasteiger partial charge in [-0.05, 0) is 25.0 Å². The molecule has 0 aromatic heterocycles. The van der Waals surface area contributed by atoms with Crippen LogP contribution >= 0.6 is 0 Å². The number of benzene rings is 1. The number of hydrogen-bond donors (Lipinski definition) is 2. The quantitative estimate of drug-likeness (QED) is 0.800. The number of aliphatic hydroxyl groups excluding tert-OH is 1. The van der Waals surface area contributed by atoms with Crippen LogP contribution in [-0.2, 0) is 4.79 Å². The molecule has 19 heavy (non-hydrogen) atoms. The van der Waals surface area contributed by atoms with Crippen molar-refractivity contribution >= 4 is 11.6 Å². The van der Waals surface area contributed by atoms with Gasteiger partial charge < -0.3 is 10.4 Å². The maximum absolute atomic E-state index is 12.2. The molecule has 0 radical (unpaired) electrons. The molecule has 3 heteroatoms. The highest BCUT2D eigenvalue weighted by Crippen LogP contribution is 2.25. The van der Waals surface area contributed by atoms with Gasteiger partial charge in [0.15, 0.2) is 0 Å². The van der Waals surface area contributed by atoms with Gasteiger partial charge in [-0.1, -0.05) is 43.2 Å². The Bertz CT molecular complexity index is 493. The Morgan fingerprint density at radius 1 is 1.26 bits per heavy atom. The molecule has 1 aliphatic rings. The molecule has 2 rings (SSSR count). The molecular weight excluding hydrogens is 238 g/mol. The lowest BCUT2D eigenvalue weighted by atomic mass is 9.88. The van der Waals surface area contributed by atoms with E-state index in [1.54, 1.807) is 0 Å². The van der Waals surface area contributed by atoms with Crippen LogP contribution in [0.25, 0.3) is 0 Å². The van der Waals surface area contributed by atoms with E-state index in [4.69, 9.17) is 5.11 Å². The number of carbonyl (C=O) groups is 1. The van der Waals surface area contributed by atoms with Crippen molar-refractivity contribution in [3.63, 3.8) is 0 Å². The molecular formula is C16H19NO2. The van der Waals surface area contributed by atoms with E-state index in [1.807, 2.05) is 24.3 Å². The van der Waals surface area contributed by atoms with E-state index in [9.17, 15) is 4.79 Å². The first-order valence-electron chi connectivity index (χ1n) is 6.81. The van der Waals surface area contributed by atoms with Crippen LogP contribution in [0.2, 0.25) is 0 Å². The summed E-state index contributed by atoms with van der Waals surface area (Å²) in [6.45, 7) is -0.176. The van der Waals surface area contributed by atoms with Crippen LogP contribution < -0.4 is 5.32 Å². The SMILES string of the molecule is O=C(Nc1ccccc1C#CCO)C1CCCCC1. The number of aliphatic hydroxyl groups is 1. The number of amides is 1. The van der Waals surface area contributed by atoms with Gasteiger partial charge in [0.25, 0.3) is 0 Å². The van der Waals surface area contributed by atoms with Crippen LogP contribution in [0.3, 0.4) is 0 Å². The van der Waals surface area contributed by atoms with Gasteiger partial charge in [0.05, 0.1) is 5.69 Å². The third-order valence-electron chi connectivity index (χ3n) is 3.46. The van der Waals surface area contributed by atoms with E-state index in [0.29, 0.717) is 0 Å². The highest BCUT2D eigenvalue weighted by atomic mass is 16.2. The number of rotatable bonds is 2. The van der Waals surface area contributed by atoms with Gasteiger partial charge in [-0.25, -0.2) is 0 Å². The maximum Gasteiger partial charge on any atom is 0.227 e. The molecule has 0 atom stereocenters. The third kappa shape index (κ3) is 3.84. The molecule has 1 fully saturated rings. The Morgan fingerprint density at radius 2 is 2.00 bits per heavy atom. The van der Waals surface area contributed by atoms with E-state index in [0.717, 1.165) is 36.9 Å². The van der Waals surface area contributed by atoms with Gasteiger partial charge in [-0.15, -0.1) is 0 Å². The summed E-state index contributed by atoms with van der Waals surface area (Å²) in [5, 5.41) is 11.7. The van der Waals surface area contributed by atoms with Crippen LogP contribution in [0.5, 0.6) is 0 Å². The van der Waals surface area contributed by atoms with Gasteiger partial charge in [-0.2, -0.15) is 0 Å². The first-order valence-corrected chi connectivity index (χ1v) is 6.81. The van der Waals surface area contributed by atoms with Gasteiger partial charge in [-0.3, -0.25) is 4.79 Å². The molecule has 2 N–H and O–H groups in total. The second kappa shape index (κ2) is 6.96. The van der Waals surface area contributed by atoms with E-state index < -0.39 is 0 Å². The van der Waals surface area contributed by atoms with Crippen LogP contribution in [0.15, 0.2) is 24.3 Å². The molecule has 1 saturated carbocycles. The predicted molar refractivity (Wildman–Crippen MR) is 75.6 cm³/mol. The highest BCUT2D eigenvalue weighted by molar-refractivity contribution is 5.93. The fraction of sp³-hybridized carbons (Fsp3) is 0.438. The molecule has 3 nitrogen and oxygen atoms in total. The molecule has 0 heterocycles. The third-order valence-corrected chi connectivity index (χ3v) is 3.46. The monoisotopic (exact) mass is 257 g/mol. The first-order chi connectivity index (χ1) is 9.31. The smallest absolute Gasteiger partial charge is 0.227 e. The van der Waals surface area contributed by atoms with E-state index in [-0.39, 0.29) is 18.4 Å². The first kappa shape index (κ1) is 13.6. The molecule has 1 aromatic carbocycles. The van der Waals surface area contributed by atoms with Gasteiger partial charge >= 0.3 is 0 Å². The van der Waals surface area contributed by atoms with E-state index in [2.05, 4.69) is 17.2 Å². The van der Waals surface area contributed by atoms with Crippen molar-refractivity contribution < 1.29 is 9.90 Å². The van der Waals surface area contributed by atoms with Crippen LogP contribution in [0.4, 0.5) is 5.69 Å². The lowest BCUT2D eigenvalue weighted by Gasteiger charge is -2.21. The van der Waals surface area contributed by atoms with Crippen molar-refractivity contribution in [3.8, 4) is 11.8 Å². The Morgan fingerprint density at radius 3 is 2.74 bits per heavy atom. The molecule has 1 aliphatic carbocycles. The normalized spacial score (nSPS) is 15.4. The van der Waals surface area contributed by atoms with Crippen molar-refractivity contribution in [1.82, 2.24) is 0 Å². The van der Waals surface area contributed by atoms with Crippen LogP contribution in [0.1, 0.15) is 37.7 Å². The van der Waals surface area contributed by atoms with E-state index >= 15 is 0 Å². The number of nitrogens with one attached hydrogen (secondary N) is 1. The summed E-state index contributed by atoms with van der Waals surface area (Å²) in [5.41, 5.74) is 1.49. The summed E-state index contributed by atoms with van der Waals surface area (Å²) in [5.74, 6) is 5.70. The molecule has 0 spiro atoms. The Labute approximate surface area is 114 Å². The summed E-state index contributed by atoms with van der Waals surface area (Å²) in [6.07, 6.45) is 5.49. The Kier molecular flexibility index (Phi) is 5.00. The number of hydrogen-bond acceptors (Lipinski definition) is 2. The van der Waals surface area contributed by atoms with Gasteiger partial charge in [0, 0.05) is 11.5 Å². The minimum absolute atomic E-state index is 0.0953. The maximum atomic E-state index is 12.2. The minimum atomic E-state index is -0.176. The summed E-state index contributed by atoms with van der Waals surface area (Å²) in [7, 11) is 0. The summed E-state index contributed by atoms with van der Waals surface area (Å²) >= 11 is 0. The summed E-state index contributed by atoms with van der Waals surface area (Å²) in [4.78, 5) is 12.2. The molecule has 0 saturated heterocycles. The fourth-order valence-electron chi connectivity index (χ4n) is 2.44. The van der Waals surface area contributed by atoms with Gasteiger partial charge in [0.2, 0.25) is 5.91 Å². The molecule has 1 amide bonds. The predicted octanol–water partition coefficient (Wildman–Crippen LogP) is 2.55. The zero-order chi connectivity index (χ0) is 13.5. The van der Waals surface area contributed by atoms with Crippen molar-refractivity contribution in [2.75, 3.05) is 11.9 Å². The zero-order valence-electron chi connectivity index (χ0n) is 11.0. The second-order valence-electron chi connectivity index (χ2n) is 4.83. The van der Waals surface area contributed by atoms with E-state index in [1.165, 1.54) is 6.42 Å². The number of para-hydroxylation sites is 1. The largest absolute Gasteiger partial charge is 0.384 e. The second-order valence-corrected chi connectivity index (χ2v) is 4.83. The summed E-state index contributed by atoms with van der Waals surface area (Å²) in [6, 6.07) is 7.44. The standard InChI is InChI=1S/C16H19NO2/c18-12-6-10-13-7-4-5-11-15(13)17-16(19)14-8-2-1-3-9-14/h4-5,7,11,14,18H,1-3,8-9,12H2,(H,17,19). The lowest BCUT2D eigenvalue weighted by molar-refractivity contribution is -0.120. The molecule has 0 unspecified atom stereocenters. The van der Waals surface area contributed by atoms with Gasteiger partial charge in [0.1, 0.15) is 6.61 Å². The molecule has 1 aromatic rings. The summed E-state index contributed by atoms with van der Waals surface area (Å²) < 4.78 is 0. The van der Waals surface area contributed by atoms with Crippen molar-refractivity contribution in [1.29, 1.82) is 0 Å². The number of anilines is 1. The van der Waals surface area contributed by atoms with Crippen LogP contribution in [-0.4, -0.2) is 17.6 Å². The Hall–Kier alpha value is -1.79. The lowest BCUT2D eigenvalue weighted by Crippen LogP contribution is -2.25. The van der Waals surface area contributed by atoms with Crippen LogP contribution in [0, 0.1) is 17.8 Å². The zero-order valence-corrected chi connectivity index (χ0v) is 11.0. The highest BCUT2D eigenvalue weighted by Gasteiger charge is 2.21. The number of carbonyl (C=O) groups excluding carboxylic acids is 1. The van der Waals surface area contributed by atoms with Crippen molar-refractivity contribution in [2.24, 2.45) is 5.92 Å². The fourth-order valence-corrected chi connectivity index (χ4v) is 2.44. The molecule has 0 bridgehead atoms. The average molecular weight is 257 g/mol. The minimum Gasteiger partial charge on any atom is -0.384 e. The van der Waals surface area contributed by atoms with Crippen molar-refractivity contribution in [3.05, 3.63) is 29.8 Å². The van der Waals surface area contributed by atoms with Crippen molar-refractivity contribution in [2.45, 2.75) is 32.1 Å².